The van der Waals surface area contributed by atoms with Crippen molar-refractivity contribution in [1.29, 1.82) is 0 Å². The molecule has 0 N–H and O–H groups in total. The number of rotatable bonds is 6. The van der Waals surface area contributed by atoms with E-state index < -0.39 is 5.41 Å². The van der Waals surface area contributed by atoms with Crippen LogP contribution in [0.5, 0.6) is 11.5 Å². The Labute approximate surface area is 183 Å². The van der Waals surface area contributed by atoms with Crippen LogP contribution in [0.1, 0.15) is 17.5 Å². The lowest BCUT2D eigenvalue weighted by molar-refractivity contribution is -0.122. The summed E-state index contributed by atoms with van der Waals surface area (Å²) in [4.78, 5) is 17.8. The first-order valence-electron chi connectivity index (χ1n) is 10.8. The molecule has 2 aromatic rings. The highest BCUT2D eigenvalue weighted by Crippen LogP contribution is 2.47. The summed E-state index contributed by atoms with van der Waals surface area (Å²) >= 11 is 0. The van der Waals surface area contributed by atoms with Crippen LogP contribution in [-0.4, -0.2) is 64.4 Å². The summed E-state index contributed by atoms with van der Waals surface area (Å²) in [6, 6.07) is 14.2. The Bertz CT molecular complexity index is 1030. The maximum atomic E-state index is 13.6. The molecule has 3 aliphatic rings. The van der Waals surface area contributed by atoms with Gasteiger partial charge in [-0.3, -0.25) is 9.69 Å². The normalized spacial score (nSPS) is 22.3. The molecule has 5 rings (SSSR count). The number of hydrogen-bond acceptors (Lipinski definition) is 5. The third-order valence-corrected chi connectivity index (χ3v) is 6.65. The van der Waals surface area contributed by atoms with Crippen molar-refractivity contribution >= 4 is 17.7 Å². The van der Waals surface area contributed by atoms with E-state index in [1.165, 1.54) is 5.57 Å². The number of para-hydroxylation sites is 2. The number of likely N-dealkylation sites (tertiary alicyclic amines) is 1. The average molecular weight is 421 g/mol. The van der Waals surface area contributed by atoms with Crippen molar-refractivity contribution in [3.8, 4) is 11.5 Å². The van der Waals surface area contributed by atoms with Gasteiger partial charge in [-0.25, -0.2) is 0 Å². The van der Waals surface area contributed by atoms with E-state index in [1.807, 2.05) is 35.2 Å². The van der Waals surface area contributed by atoms with E-state index in [0.29, 0.717) is 19.8 Å². The predicted octanol–water partition coefficient (Wildman–Crippen LogP) is 3.11. The number of amides is 1. The van der Waals surface area contributed by atoms with E-state index in [-0.39, 0.29) is 5.91 Å². The predicted molar refractivity (Wildman–Crippen MR) is 120 cm³/mol. The summed E-state index contributed by atoms with van der Waals surface area (Å²) in [5.74, 6) is 1.77. The Kier molecular flexibility index (Phi) is 5.20. The van der Waals surface area contributed by atoms with Gasteiger partial charge in [0.25, 0.3) is 0 Å². The molecule has 1 amide bonds. The summed E-state index contributed by atoms with van der Waals surface area (Å²) in [6.45, 7) is 4.08. The SMILES string of the molecule is COCCN1C(=O)C2(CCN(CC3=Cc4cccc(OC)c4OC3)C2)c2ccccc21. The molecule has 0 saturated carbocycles. The number of carbonyl (C=O) groups excluding carboxylic acids is 1. The first-order chi connectivity index (χ1) is 15.2. The summed E-state index contributed by atoms with van der Waals surface area (Å²) in [6.07, 6.45) is 3.03. The van der Waals surface area contributed by atoms with Crippen LogP contribution in [0.15, 0.2) is 48.0 Å². The highest BCUT2D eigenvalue weighted by atomic mass is 16.5. The molecule has 1 spiro atoms. The fourth-order valence-corrected chi connectivity index (χ4v) is 5.19. The third kappa shape index (κ3) is 3.30. The average Bonchev–Trinajstić information content (AvgIpc) is 3.32. The molecule has 1 saturated heterocycles. The number of nitrogens with zero attached hydrogens (tertiary/aromatic N) is 2. The van der Waals surface area contributed by atoms with Gasteiger partial charge in [0.1, 0.15) is 6.61 Å². The Morgan fingerprint density at radius 1 is 1.13 bits per heavy atom. The second-order valence-corrected chi connectivity index (χ2v) is 8.48. The van der Waals surface area contributed by atoms with Crippen LogP contribution < -0.4 is 14.4 Å². The molecular formula is C25H28N2O4. The largest absolute Gasteiger partial charge is 0.493 e. The lowest BCUT2D eigenvalue weighted by Crippen LogP contribution is -2.43. The first-order valence-corrected chi connectivity index (χ1v) is 10.8. The van der Waals surface area contributed by atoms with Gasteiger partial charge in [-0.1, -0.05) is 30.3 Å². The number of ether oxygens (including phenoxy) is 3. The van der Waals surface area contributed by atoms with Crippen molar-refractivity contribution in [2.45, 2.75) is 11.8 Å². The standard InChI is InChI=1S/C25H28N2O4/c1-29-13-12-27-21-8-4-3-7-20(21)25(24(27)28)10-11-26(17-25)15-18-14-19-6-5-9-22(30-2)23(19)31-16-18/h3-9,14H,10-13,15-17H2,1-2H3. The van der Waals surface area contributed by atoms with Gasteiger partial charge in [0.15, 0.2) is 11.5 Å². The molecule has 6 heteroatoms. The van der Waals surface area contributed by atoms with Crippen LogP contribution in [-0.2, 0) is 14.9 Å². The minimum Gasteiger partial charge on any atom is -0.493 e. The second-order valence-electron chi connectivity index (χ2n) is 8.48. The minimum atomic E-state index is -0.457. The number of benzene rings is 2. The molecular weight excluding hydrogens is 392 g/mol. The van der Waals surface area contributed by atoms with E-state index in [0.717, 1.165) is 54.4 Å². The Balaban J connectivity index is 1.36. The number of methoxy groups -OCH3 is 2. The molecule has 3 aliphatic heterocycles. The Hall–Kier alpha value is -2.83. The van der Waals surface area contributed by atoms with E-state index in [4.69, 9.17) is 14.2 Å². The van der Waals surface area contributed by atoms with Crippen LogP contribution in [0, 0.1) is 0 Å². The number of fused-ring (bicyclic) bond motifs is 3. The van der Waals surface area contributed by atoms with Gasteiger partial charge < -0.3 is 19.1 Å². The highest BCUT2D eigenvalue weighted by Gasteiger charge is 2.54. The van der Waals surface area contributed by atoms with Gasteiger partial charge in [-0.05, 0) is 42.3 Å². The molecule has 1 fully saturated rings. The molecule has 3 heterocycles. The van der Waals surface area contributed by atoms with Crippen molar-refractivity contribution in [1.82, 2.24) is 4.90 Å². The van der Waals surface area contributed by atoms with E-state index in [9.17, 15) is 4.79 Å². The highest BCUT2D eigenvalue weighted by molar-refractivity contribution is 6.08. The molecule has 31 heavy (non-hydrogen) atoms. The molecule has 1 unspecified atom stereocenters. The zero-order chi connectivity index (χ0) is 21.4. The summed E-state index contributed by atoms with van der Waals surface area (Å²) in [5.41, 5.74) is 3.99. The minimum absolute atomic E-state index is 0.206. The molecule has 162 valence electrons. The van der Waals surface area contributed by atoms with Crippen LogP contribution in [0.2, 0.25) is 0 Å². The Morgan fingerprint density at radius 2 is 2.00 bits per heavy atom. The lowest BCUT2D eigenvalue weighted by Gasteiger charge is -2.26. The smallest absolute Gasteiger partial charge is 0.239 e. The fraction of sp³-hybridized carbons (Fsp3) is 0.400. The van der Waals surface area contributed by atoms with Gasteiger partial charge in [-0.15, -0.1) is 0 Å². The number of anilines is 1. The third-order valence-electron chi connectivity index (χ3n) is 6.65. The first kappa shape index (κ1) is 20.1. The van der Waals surface area contributed by atoms with Gasteiger partial charge in [0, 0.05) is 38.0 Å². The molecule has 0 aliphatic carbocycles. The second kappa shape index (κ2) is 8.02. The Morgan fingerprint density at radius 3 is 2.84 bits per heavy atom. The molecule has 6 nitrogen and oxygen atoms in total. The van der Waals surface area contributed by atoms with Gasteiger partial charge >= 0.3 is 0 Å². The van der Waals surface area contributed by atoms with Crippen molar-refractivity contribution in [3.63, 3.8) is 0 Å². The van der Waals surface area contributed by atoms with Crippen molar-refractivity contribution in [2.75, 3.05) is 58.5 Å². The zero-order valence-electron chi connectivity index (χ0n) is 18.1. The lowest BCUT2D eigenvalue weighted by atomic mass is 9.81. The van der Waals surface area contributed by atoms with Crippen LogP contribution in [0.4, 0.5) is 5.69 Å². The van der Waals surface area contributed by atoms with Crippen molar-refractivity contribution in [2.24, 2.45) is 0 Å². The van der Waals surface area contributed by atoms with Crippen molar-refractivity contribution in [3.05, 3.63) is 59.2 Å². The summed E-state index contributed by atoms with van der Waals surface area (Å²) in [7, 11) is 3.33. The fourth-order valence-electron chi connectivity index (χ4n) is 5.19. The van der Waals surface area contributed by atoms with Crippen LogP contribution in [0.25, 0.3) is 6.08 Å². The maximum Gasteiger partial charge on any atom is 0.239 e. The van der Waals surface area contributed by atoms with Gasteiger partial charge in [-0.2, -0.15) is 0 Å². The molecule has 0 bridgehead atoms. The summed E-state index contributed by atoms with van der Waals surface area (Å²) < 4.78 is 16.7. The van der Waals surface area contributed by atoms with E-state index >= 15 is 0 Å². The summed E-state index contributed by atoms with van der Waals surface area (Å²) in [5, 5.41) is 0. The molecule has 1 atom stereocenters. The van der Waals surface area contributed by atoms with Gasteiger partial charge in [0.05, 0.1) is 19.1 Å². The number of carbonyl (C=O) groups is 1. The van der Waals surface area contributed by atoms with Crippen LogP contribution in [0.3, 0.4) is 0 Å². The zero-order valence-corrected chi connectivity index (χ0v) is 18.1. The van der Waals surface area contributed by atoms with E-state index in [2.05, 4.69) is 23.1 Å². The quantitative estimate of drug-likeness (QED) is 0.719. The van der Waals surface area contributed by atoms with E-state index in [1.54, 1.807) is 14.2 Å². The topological polar surface area (TPSA) is 51.2 Å². The van der Waals surface area contributed by atoms with Crippen LogP contribution >= 0.6 is 0 Å². The number of hydrogen-bond donors (Lipinski definition) is 0. The molecule has 0 aromatic heterocycles. The monoisotopic (exact) mass is 420 g/mol. The molecule has 2 aromatic carbocycles. The van der Waals surface area contributed by atoms with Crippen molar-refractivity contribution < 1.29 is 19.0 Å². The van der Waals surface area contributed by atoms with Gasteiger partial charge in [0.2, 0.25) is 5.91 Å². The molecule has 0 radical (unpaired) electrons. The maximum absolute atomic E-state index is 13.6.